The van der Waals surface area contributed by atoms with Crippen molar-refractivity contribution in [2.24, 2.45) is 0 Å². The van der Waals surface area contributed by atoms with Crippen LogP contribution in [0.1, 0.15) is 6.92 Å². The molecule has 1 amide bonds. The average Bonchev–Trinajstić information content (AvgIpc) is 1.87. The van der Waals surface area contributed by atoms with Crippen molar-refractivity contribution in [3.63, 3.8) is 0 Å². The molecule has 64 valence electrons. The quantitative estimate of drug-likeness (QED) is 0.477. The first-order chi connectivity index (χ1) is 5.16. The second-order valence-corrected chi connectivity index (χ2v) is 1.59. The number of aliphatic carboxylic acids is 1. The molecule has 0 aromatic heterocycles. The van der Waals surface area contributed by atoms with Crippen LogP contribution in [0.3, 0.4) is 0 Å². The van der Waals surface area contributed by atoms with Crippen LogP contribution in [-0.4, -0.2) is 30.3 Å². The summed E-state index contributed by atoms with van der Waals surface area (Å²) in [6, 6.07) is 0. The fourth-order valence-corrected chi connectivity index (χ4v) is 0.359. The molecule has 0 bridgehead atoms. The second kappa shape index (κ2) is 5.48. The monoisotopic (exact) mass is 162 g/mol. The van der Waals surface area contributed by atoms with Gasteiger partial charge in [-0.1, -0.05) is 0 Å². The Hall–Kier alpha value is -1.30. The van der Waals surface area contributed by atoms with Gasteiger partial charge in [-0.05, 0) is 6.92 Å². The molecule has 0 rings (SSSR count). The van der Waals surface area contributed by atoms with Gasteiger partial charge >= 0.3 is 12.1 Å². The Bertz CT molecular complexity index is 147. The SMILES string of the molecule is CCOC(=O)NNCC(=O)O. The molecule has 0 aromatic rings. The fourth-order valence-electron chi connectivity index (χ4n) is 0.359. The summed E-state index contributed by atoms with van der Waals surface area (Å²) in [5.74, 6) is -1.05. The fraction of sp³-hybridized carbons (Fsp3) is 0.600. The molecule has 0 atom stereocenters. The van der Waals surface area contributed by atoms with Crippen molar-refractivity contribution in [2.45, 2.75) is 6.92 Å². The van der Waals surface area contributed by atoms with Crippen LogP contribution in [-0.2, 0) is 9.53 Å². The highest BCUT2D eigenvalue weighted by Crippen LogP contribution is 1.71. The van der Waals surface area contributed by atoms with E-state index in [2.05, 4.69) is 10.2 Å². The van der Waals surface area contributed by atoms with Gasteiger partial charge < -0.3 is 9.84 Å². The van der Waals surface area contributed by atoms with Gasteiger partial charge in [0.1, 0.15) is 6.54 Å². The van der Waals surface area contributed by atoms with Gasteiger partial charge in [0.25, 0.3) is 0 Å². The maximum atomic E-state index is 10.4. The van der Waals surface area contributed by atoms with Crippen LogP contribution in [0.25, 0.3) is 0 Å². The molecular weight excluding hydrogens is 152 g/mol. The molecule has 0 unspecified atom stereocenters. The number of hydrogen-bond donors (Lipinski definition) is 3. The van der Waals surface area contributed by atoms with Crippen molar-refractivity contribution < 1.29 is 19.4 Å². The third kappa shape index (κ3) is 6.59. The minimum Gasteiger partial charge on any atom is -0.480 e. The van der Waals surface area contributed by atoms with Crippen molar-refractivity contribution in [3.05, 3.63) is 0 Å². The number of carbonyl (C=O) groups excluding carboxylic acids is 1. The predicted molar refractivity (Wildman–Crippen MR) is 35.8 cm³/mol. The lowest BCUT2D eigenvalue weighted by Crippen LogP contribution is -2.40. The van der Waals surface area contributed by atoms with E-state index in [1.807, 2.05) is 5.43 Å². The van der Waals surface area contributed by atoms with Gasteiger partial charge in [-0.3, -0.25) is 10.2 Å². The van der Waals surface area contributed by atoms with Crippen LogP contribution >= 0.6 is 0 Å². The summed E-state index contributed by atoms with van der Waals surface area (Å²) in [5, 5.41) is 8.10. The zero-order valence-corrected chi connectivity index (χ0v) is 6.09. The minimum absolute atomic E-state index is 0.251. The molecule has 3 N–H and O–H groups in total. The molecular formula is C5H10N2O4. The summed E-state index contributed by atoms with van der Waals surface area (Å²) >= 11 is 0. The summed E-state index contributed by atoms with van der Waals surface area (Å²) < 4.78 is 4.42. The Morgan fingerprint density at radius 2 is 2.18 bits per heavy atom. The molecule has 6 nitrogen and oxygen atoms in total. The van der Waals surface area contributed by atoms with Gasteiger partial charge in [-0.25, -0.2) is 10.2 Å². The van der Waals surface area contributed by atoms with E-state index in [-0.39, 0.29) is 13.2 Å². The van der Waals surface area contributed by atoms with Gasteiger partial charge in [0, 0.05) is 0 Å². The molecule has 0 saturated heterocycles. The molecule has 0 aromatic carbocycles. The van der Waals surface area contributed by atoms with Crippen LogP contribution < -0.4 is 10.9 Å². The van der Waals surface area contributed by atoms with Gasteiger partial charge in [-0.2, -0.15) is 0 Å². The number of nitrogens with one attached hydrogen (secondary N) is 2. The maximum absolute atomic E-state index is 10.4. The highest BCUT2D eigenvalue weighted by Gasteiger charge is 1.99. The summed E-state index contributed by atoms with van der Waals surface area (Å²) in [4.78, 5) is 20.3. The lowest BCUT2D eigenvalue weighted by Gasteiger charge is -2.03. The number of hydrogen-bond acceptors (Lipinski definition) is 4. The first-order valence-electron chi connectivity index (χ1n) is 3.04. The summed E-state index contributed by atoms with van der Waals surface area (Å²) in [7, 11) is 0. The number of hydrazine groups is 1. The van der Waals surface area contributed by atoms with E-state index in [0.717, 1.165) is 0 Å². The normalized spacial score (nSPS) is 8.82. The van der Waals surface area contributed by atoms with E-state index in [1.165, 1.54) is 0 Å². The molecule has 0 aliphatic rings. The van der Waals surface area contributed by atoms with Crippen molar-refractivity contribution in [1.29, 1.82) is 0 Å². The molecule has 0 fully saturated rings. The molecule has 0 aliphatic heterocycles. The van der Waals surface area contributed by atoms with Crippen molar-refractivity contribution in [2.75, 3.05) is 13.2 Å². The Morgan fingerprint density at radius 1 is 1.55 bits per heavy atom. The Kier molecular flexibility index (Phi) is 4.83. The number of rotatable bonds is 4. The Balaban J connectivity index is 3.24. The maximum Gasteiger partial charge on any atom is 0.421 e. The molecule has 6 heteroatoms. The van der Waals surface area contributed by atoms with E-state index < -0.39 is 12.1 Å². The third-order valence-electron chi connectivity index (χ3n) is 0.705. The molecule has 0 aliphatic carbocycles. The predicted octanol–water partition coefficient (Wildman–Crippen LogP) is -0.678. The van der Waals surface area contributed by atoms with E-state index in [9.17, 15) is 9.59 Å². The first-order valence-corrected chi connectivity index (χ1v) is 3.04. The molecule has 0 saturated carbocycles. The van der Waals surface area contributed by atoms with Gasteiger partial charge in [-0.15, -0.1) is 0 Å². The lowest BCUT2D eigenvalue weighted by molar-refractivity contribution is -0.136. The van der Waals surface area contributed by atoms with Crippen LogP contribution in [0.15, 0.2) is 0 Å². The van der Waals surface area contributed by atoms with Gasteiger partial charge in [0.05, 0.1) is 6.61 Å². The zero-order valence-electron chi connectivity index (χ0n) is 6.09. The first kappa shape index (κ1) is 9.70. The van der Waals surface area contributed by atoms with E-state index >= 15 is 0 Å². The molecule has 0 radical (unpaired) electrons. The van der Waals surface area contributed by atoms with E-state index in [0.29, 0.717) is 0 Å². The van der Waals surface area contributed by atoms with Crippen molar-refractivity contribution in [3.8, 4) is 0 Å². The molecule has 0 spiro atoms. The minimum atomic E-state index is -1.05. The number of ether oxygens (including phenoxy) is 1. The number of carboxylic acids is 1. The topological polar surface area (TPSA) is 87.7 Å². The Morgan fingerprint density at radius 3 is 2.64 bits per heavy atom. The largest absolute Gasteiger partial charge is 0.480 e. The number of carboxylic acid groups (broad SMARTS) is 1. The summed E-state index contributed by atoms with van der Waals surface area (Å²) in [6.07, 6.45) is -0.686. The lowest BCUT2D eigenvalue weighted by atomic mass is 10.7. The summed E-state index contributed by atoms with van der Waals surface area (Å²) in [6.45, 7) is 1.57. The molecule has 0 heterocycles. The van der Waals surface area contributed by atoms with E-state index in [1.54, 1.807) is 6.92 Å². The highest BCUT2D eigenvalue weighted by atomic mass is 16.5. The van der Waals surface area contributed by atoms with Crippen LogP contribution in [0.2, 0.25) is 0 Å². The average molecular weight is 162 g/mol. The molecule has 11 heavy (non-hydrogen) atoms. The standard InChI is InChI=1S/C5H10N2O4/c1-2-11-5(10)7-6-3-4(8)9/h6H,2-3H2,1H3,(H,7,10)(H,8,9). The summed E-state index contributed by atoms with van der Waals surface area (Å²) in [5.41, 5.74) is 4.17. The van der Waals surface area contributed by atoms with Gasteiger partial charge in [0.15, 0.2) is 0 Å². The zero-order chi connectivity index (χ0) is 8.69. The van der Waals surface area contributed by atoms with Crippen LogP contribution in [0.5, 0.6) is 0 Å². The smallest absolute Gasteiger partial charge is 0.421 e. The van der Waals surface area contributed by atoms with E-state index in [4.69, 9.17) is 5.11 Å². The second-order valence-electron chi connectivity index (χ2n) is 1.59. The third-order valence-corrected chi connectivity index (χ3v) is 0.705. The van der Waals surface area contributed by atoms with Crippen molar-refractivity contribution in [1.82, 2.24) is 10.9 Å². The van der Waals surface area contributed by atoms with Crippen molar-refractivity contribution >= 4 is 12.1 Å². The number of amides is 1. The number of carbonyl (C=O) groups is 2. The van der Waals surface area contributed by atoms with Gasteiger partial charge in [0.2, 0.25) is 0 Å². The highest BCUT2D eigenvalue weighted by molar-refractivity contribution is 5.70. The Labute approximate surface area is 63.5 Å². The van der Waals surface area contributed by atoms with Crippen LogP contribution in [0.4, 0.5) is 4.79 Å². The van der Waals surface area contributed by atoms with Crippen LogP contribution in [0, 0.1) is 0 Å².